The van der Waals surface area contributed by atoms with Gasteiger partial charge in [-0.25, -0.2) is 4.39 Å². The second-order valence-corrected chi connectivity index (χ2v) is 3.95. The van der Waals surface area contributed by atoms with Crippen molar-refractivity contribution in [1.29, 1.82) is 0 Å². The van der Waals surface area contributed by atoms with Crippen molar-refractivity contribution in [1.82, 2.24) is 0 Å². The van der Waals surface area contributed by atoms with Gasteiger partial charge in [-0.3, -0.25) is 0 Å². The smallest absolute Gasteiger partial charge is 0.163 e. The zero-order chi connectivity index (χ0) is 10.9. The molecule has 0 bridgehead atoms. The zero-order valence-corrected chi connectivity index (χ0v) is 9.85. The summed E-state index contributed by atoms with van der Waals surface area (Å²) < 4.78 is 23.4. The van der Waals surface area contributed by atoms with Gasteiger partial charge in [0.25, 0.3) is 0 Å². The van der Waals surface area contributed by atoms with Gasteiger partial charge in [0.2, 0.25) is 0 Å². The maximum absolute atomic E-state index is 12.9. The number of hydrogen-bond acceptors (Lipinski definition) is 3. The molecule has 1 fully saturated rings. The fourth-order valence-corrected chi connectivity index (χ4v) is 1.29. The molecule has 0 saturated heterocycles. The fourth-order valence-electron chi connectivity index (χ4n) is 1.29. The zero-order valence-electron chi connectivity index (χ0n) is 9.03. The van der Waals surface area contributed by atoms with Crippen LogP contribution in [-0.4, -0.2) is 19.3 Å². The van der Waals surface area contributed by atoms with Crippen molar-refractivity contribution in [3.05, 3.63) is 24.0 Å². The minimum atomic E-state index is -0.340. The molecule has 1 aromatic carbocycles. The Kier molecular flexibility index (Phi) is 3.99. The summed E-state index contributed by atoms with van der Waals surface area (Å²) in [6.07, 6.45) is 1.97. The average Bonchev–Trinajstić information content (AvgIpc) is 2.95. The normalized spacial score (nSPS) is 16.2. The summed E-state index contributed by atoms with van der Waals surface area (Å²) in [6, 6.07) is 4.19. The number of ether oxygens (including phenoxy) is 2. The van der Waals surface area contributed by atoms with Gasteiger partial charge in [0.15, 0.2) is 11.5 Å². The molecule has 0 heterocycles. The van der Waals surface area contributed by atoms with Gasteiger partial charge in [-0.2, -0.15) is 0 Å². The molecule has 0 atom stereocenters. The van der Waals surface area contributed by atoms with E-state index in [0.29, 0.717) is 18.1 Å². The minimum Gasteiger partial charge on any atom is -0.493 e. The van der Waals surface area contributed by atoms with Gasteiger partial charge in [0.1, 0.15) is 12.4 Å². The third kappa shape index (κ3) is 3.00. The molecule has 0 spiro atoms. The predicted octanol–water partition coefficient (Wildman–Crippen LogP) is 2.13. The summed E-state index contributed by atoms with van der Waals surface area (Å²) in [5.41, 5.74) is 5.69. The molecule has 0 amide bonds. The van der Waals surface area contributed by atoms with Crippen molar-refractivity contribution in [2.45, 2.75) is 18.4 Å². The van der Waals surface area contributed by atoms with E-state index in [2.05, 4.69) is 0 Å². The van der Waals surface area contributed by atoms with Crippen LogP contribution < -0.4 is 15.2 Å². The fraction of sp³-hybridized carbons (Fsp3) is 0.455. The van der Waals surface area contributed by atoms with E-state index in [1.54, 1.807) is 6.07 Å². The average molecular weight is 248 g/mol. The highest BCUT2D eigenvalue weighted by Crippen LogP contribution is 2.34. The van der Waals surface area contributed by atoms with E-state index in [1.807, 2.05) is 0 Å². The molecule has 1 aliphatic carbocycles. The molecule has 1 saturated carbocycles. The van der Waals surface area contributed by atoms with Crippen LogP contribution in [-0.2, 0) is 0 Å². The highest BCUT2D eigenvalue weighted by molar-refractivity contribution is 5.85. The predicted molar refractivity (Wildman–Crippen MR) is 61.8 cm³/mol. The number of halogens is 2. The Hall–Kier alpha value is -1.00. The van der Waals surface area contributed by atoms with Gasteiger partial charge in [0, 0.05) is 6.07 Å². The van der Waals surface area contributed by atoms with Crippen LogP contribution in [0, 0.1) is 5.82 Å². The van der Waals surface area contributed by atoms with E-state index >= 15 is 0 Å². The van der Waals surface area contributed by atoms with Crippen LogP contribution in [0.2, 0.25) is 0 Å². The summed E-state index contributed by atoms with van der Waals surface area (Å²) in [5, 5.41) is 0. The van der Waals surface area contributed by atoms with E-state index in [1.165, 1.54) is 19.2 Å². The van der Waals surface area contributed by atoms with E-state index in [0.717, 1.165) is 12.8 Å². The van der Waals surface area contributed by atoms with Crippen LogP contribution in [0.3, 0.4) is 0 Å². The minimum absolute atomic E-state index is 0. The van der Waals surface area contributed by atoms with Gasteiger partial charge >= 0.3 is 0 Å². The third-order valence-electron chi connectivity index (χ3n) is 2.53. The van der Waals surface area contributed by atoms with E-state index in [4.69, 9.17) is 15.2 Å². The number of nitrogens with two attached hydrogens (primary N) is 1. The molecule has 0 aromatic heterocycles. The first-order valence-electron chi connectivity index (χ1n) is 4.88. The Bertz CT molecular complexity index is 369. The van der Waals surface area contributed by atoms with Gasteiger partial charge < -0.3 is 15.2 Å². The quantitative estimate of drug-likeness (QED) is 0.887. The first-order chi connectivity index (χ1) is 7.13. The molecule has 0 aliphatic heterocycles. The van der Waals surface area contributed by atoms with Crippen LogP contribution in [0.15, 0.2) is 18.2 Å². The number of rotatable bonds is 4. The molecular weight excluding hydrogens is 233 g/mol. The van der Waals surface area contributed by atoms with Crippen LogP contribution in [0.5, 0.6) is 11.5 Å². The highest BCUT2D eigenvalue weighted by Gasteiger charge is 2.39. The lowest BCUT2D eigenvalue weighted by atomic mass is 10.3. The SMILES string of the molecule is COc1cc(F)ccc1OCC1(N)CC1.Cl. The van der Waals surface area contributed by atoms with Gasteiger partial charge in [0.05, 0.1) is 12.6 Å². The van der Waals surface area contributed by atoms with Crippen molar-refractivity contribution in [2.75, 3.05) is 13.7 Å². The number of benzene rings is 1. The molecule has 3 nitrogen and oxygen atoms in total. The molecule has 0 unspecified atom stereocenters. The van der Waals surface area contributed by atoms with Crippen LogP contribution in [0.1, 0.15) is 12.8 Å². The molecule has 90 valence electrons. The molecule has 5 heteroatoms. The van der Waals surface area contributed by atoms with Gasteiger partial charge in [-0.05, 0) is 25.0 Å². The standard InChI is InChI=1S/C11H14FNO2.ClH/c1-14-10-6-8(12)2-3-9(10)15-7-11(13)4-5-11;/h2-3,6H,4-5,7,13H2,1H3;1H. The monoisotopic (exact) mass is 247 g/mol. The van der Waals surface area contributed by atoms with Crippen molar-refractivity contribution >= 4 is 12.4 Å². The highest BCUT2D eigenvalue weighted by atomic mass is 35.5. The van der Waals surface area contributed by atoms with Gasteiger partial charge in [-0.15, -0.1) is 12.4 Å². The topological polar surface area (TPSA) is 44.5 Å². The number of hydrogen-bond donors (Lipinski definition) is 1. The maximum atomic E-state index is 12.9. The Balaban J connectivity index is 0.00000128. The Morgan fingerprint density at radius 2 is 2.06 bits per heavy atom. The second-order valence-electron chi connectivity index (χ2n) is 3.95. The summed E-state index contributed by atoms with van der Waals surface area (Å²) >= 11 is 0. The summed E-state index contributed by atoms with van der Waals surface area (Å²) in [5.74, 6) is 0.600. The van der Waals surface area contributed by atoms with Crippen molar-refractivity contribution in [3.63, 3.8) is 0 Å². The summed E-state index contributed by atoms with van der Waals surface area (Å²) in [4.78, 5) is 0. The molecule has 16 heavy (non-hydrogen) atoms. The molecule has 1 aromatic rings. The molecule has 2 N–H and O–H groups in total. The number of methoxy groups -OCH3 is 1. The first-order valence-corrected chi connectivity index (χ1v) is 4.88. The summed E-state index contributed by atoms with van der Waals surface area (Å²) in [7, 11) is 1.48. The lowest BCUT2D eigenvalue weighted by Crippen LogP contribution is -2.29. The second kappa shape index (κ2) is 4.89. The largest absolute Gasteiger partial charge is 0.493 e. The Labute approximate surface area is 100 Å². The first kappa shape index (κ1) is 13.1. The van der Waals surface area contributed by atoms with Gasteiger partial charge in [-0.1, -0.05) is 0 Å². The van der Waals surface area contributed by atoms with Crippen LogP contribution in [0.4, 0.5) is 4.39 Å². The molecule has 0 radical (unpaired) electrons. The lowest BCUT2D eigenvalue weighted by Gasteiger charge is -2.13. The molecule has 2 rings (SSSR count). The maximum Gasteiger partial charge on any atom is 0.163 e. The molecular formula is C11H15ClFNO2. The van der Waals surface area contributed by atoms with Crippen molar-refractivity contribution in [2.24, 2.45) is 5.73 Å². The van der Waals surface area contributed by atoms with Crippen LogP contribution >= 0.6 is 12.4 Å². The summed E-state index contributed by atoms with van der Waals surface area (Å²) in [6.45, 7) is 0.453. The van der Waals surface area contributed by atoms with Crippen LogP contribution in [0.25, 0.3) is 0 Å². The van der Waals surface area contributed by atoms with Crippen molar-refractivity contribution < 1.29 is 13.9 Å². The van der Waals surface area contributed by atoms with Crippen molar-refractivity contribution in [3.8, 4) is 11.5 Å². The lowest BCUT2D eigenvalue weighted by molar-refractivity contribution is 0.263. The molecule has 1 aliphatic rings. The third-order valence-corrected chi connectivity index (χ3v) is 2.53. The Morgan fingerprint density at radius 1 is 1.38 bits per heavy atom. The van der Waals surface area contributed by atoms with E-state index in [-0.39, 0.29) is 23.8 Å². The Morgan fingerprint density at radius 3 is 2.62 bits per heavy atom. The van der Waals surface area contributed by atoms with E-state index in [9.17, 15) is 4.39 Å². The van der Waals surface area contributed by atoms with E-state index < -0.39 is 0 Å².